The van der Waals surface area contributed by atoms with Gasteiger partial charge in [-0.1, -0.05) is 17.3 Å². The van der Waals surface area contributed by atoms with Crippen molar-refractivity contribution < 1.29 is 14.4 Å². The van der Waals surface area contributed by atoms with E-state index >= 15 is 0 Å². The molecule has 0 saturated carbocycles. The predicted molar refractivity (Wildman–Crippen MR) is 97.7 cm³/mol. The lowest BCUT2D eigenvalue weighted by Gasteiger charge is -2.13. The van der Waals surface area contributed by atoms with Crippen molar-refractivity contribution >= 4 is 23.5 Å². The third-order valence-electron chi connectivity index (χ3n) is 4.22. The van der Waals surface area contributed by atoms with Crippen molar-refractivity contribution in [3.8, 4) is 0 Å². The summed E-state index contributed by atoms with van der Waals surface area (Å²) in [5.41, 5.74) is 2.11. The van der Waals surface area contributed by atoms with Crippen LogP contribution in [0.1, 0.15) is 38.1 Å². The van der Waals surface area contributed by atoms with E-state index in [1.807, 2.05) is 13.8 Å². The highest BCUT2D eigenvalue weighted by molar-refractivity contribution is 6.04. The average molecular weight is 370 g/mol. The van der Waals surface area contributed by atoms with Gasteiger partial charge < -0.3 is 10.6 Å². The Morgan fingerprint density at radius 3 is 2.56 bits per heavy atom. The number of benzene rings is 1. The molecule has 3 rings (SSSR count). The molecule has 1 fully saturated rings. The number of imide groups is 1. The molecule has 9 nitrogen and oxygen atoms in total. The minimum Gasteiger partial charge on any atom is -0.326 e. The number of nitrogens with zero attached hydrogens (tertiary/aromatic N) is 4. The van der Waals surface area contributed by atoms with Crippen LogP contribution in [0.4, 0.5) is 10.5 Å². The van der Waals surface area contributed by atoms with Crippen molar-refractivity contribution in [2.45, 2.75) is 45.8 Å². The SMILES string of the molecule is CC(=O)Nc1ccc(CN2C(=O)NC(Cc3cn(C(C)C)nn3)C2=O)cc1. The maximum absolute atomic E-state index is 12.6. The first kappa shape index (κ1) is 18.6. The van der Waals surface area contributed by atoms with E-state index in [1.54, 1.807) is 35.1 Å². The minimum atomic E-state index is -0.645. The third kappa shape index (κ3) is 4.30. The van der Waals surface area contributed by atoms with Gasteiger partial charge in [0.1, 0.15) is 6.04 Å². The summed E-state index contributed by atoms with van der Waals surface area (Å²) in [6.45, 7) is 5.57. The second-order valence-corrected chi connectivity index (χ2v) is 6.79. The van der Waals surface area contributed by atoms with Crippen molar-refractivity contribution in [3.05, 3.63) is 41.7 Å². The summed E-state index contributed by atoms with van der Waals surface area (Å²) in [6, 6.07) is 6.12. The van der Waals surface area contributed by atoms with Crippen molar-refractivity contribution in [1.29, 1.82) is 0 Å². The second kappa shape index (κ2) is 7.56. The molecule has 1 aliphatic heterocycles. The van der Waals surface area contributed by atoms with E-state index < -0.39 is 12.1 Å². The molecule has 1 unspecified atom stereocenters. The van der Waals surface area contributed by atoms with Gasteiger partial charge in [-0.05, 0) is 31.5 Å². The first-order valence-electron chi connectivity index (χ1n) is 8.72. The fourth-order valence-corrected chi connectivity index (χ4v) is 2.81. The molecule has 2 heterocycles. The summed E-state index contributed by atoms with van der Waals surface area (Å²) in [5.74, 6) is -0.445. The largest absolute Gasteiger partial charge is 0.326 e. The summed E-state index contributed by atoms with van der Waals surface area (Å²) < 4.78 is 1.71. The van der Waals surface area contributed by atoms with Gasteiger partial charge in [-0.3, -0.25) is 14.5 Å². The van der Waals surface area contributed by atoms with Gasteiger partial charge in [-0.25, -0.2) is 9.48 Å². The lowest BCUT2D eigenvalue weighted by atomic mass is 10.1. The Morgan fingerprint density at radius 1 is 1.26 bits per heavy atom. The molecular formula is C18H22N6O3. The number of urea groups is 1. The molecule has 27 heavy (non-hydrogen) atoms. The second-order valence-electron chi connectivity index (χ2n) is 6.79. The maximum Gasteiger partial charge on any atom is 0.325 e. The summed E-state index contributed by atoms with van der Waals surface area (Å²) in [7, 11) is 0. The van der Waals surface area contributed by atoms with Crippen LogP contribution >= 0.6 is 0 Å². The Kier molecular flexibility index (Phi) is 5.20. The first-order valence-corrected chi connectivity index (χ1v) is 8.72. The van der Waals surface area contributed by atoms with Gasteiger partial charge in [0.2, 0.25) is 5.91 Å². The molecule has 4 amide bonds. The molecule has 1 aromatic heterocycles. The lowest BCUT2D eigenvalue weighted by molar-refractivity contribution is -0.127. The Balaban J connectivity index is 1.64. The highest BCUT2D eigenvalue weighted by atomic mass is 16.2. The molecule has 0 aliphatic carbocycles. The molecule has 0 radical (unpaired) electrons. The zero-order chi connectivity index (χ0) is 19.6. The number of aromatic nitrogens is 3. The average Bonchev–Trinajstić information content (AvgIpc) is 3.17. The van der Waals surface area contributed by atoms with Gasteiger partial charge in [0.25, 0.3) is 5.91 Å². The molecule has 0 spiro atoms. The number of hydrogen-bond acceptors (Lipinski definition) is 5. The summed E-state index contributed by atoms with van der Waals surface area (Å²) in [6.07, 6.45) is 2.09. The van der Waals surface area contributed by atoms with Crippen molar-refractivity contribution in [2.24, 2.45) is 0 Å². The third-order valence-corrected chi connectivity index (χ3v) is 4.22. The van der Waals surface area contributed by atoms with E-state index in [2.05, 4.69) is 20.9 Å². The normalized spacial score (nSPS) is 16.7. The maximum atomic E-state index is 12.6. The van der Waals surface area contributed by atoms with Crippen LogP contribution in [0, 0.1) is 0 Å². The number of anilines is 1. The van der Waals surface area contributed by atoms with Crippen LogP contribution in [0.25, 0.3) is 0 Å². The van der Waals surface area contributed by atoms with Crippen LogP contribution in [-0.4, -0.2) is 43.8 Å². The van der Waals surface area contributed by atoms with Gasteiger partial charge in [0.15, 0.2) is 0 Å². The van der Waals surface area contributed by atoms with Crippen LogP contribution in [0.5, 0.6) is 0 Å². The molecular weight excluding hydrogens is 348 g/mol. The lowest BCUT2D eigenvalue weighted by Crippen LogP contribution is -2.32. The van der Waals surface area contributed by atoms with Crippen LogP contribution < -0.4 is 10.6 Å². The highest BCUT2D eigenvalue weighted by Crippen LogP contribution is 2.17. The zero-order valence-electron chi connectivity index (χ0n) is 15.5. The van der Waals surface area contributed by atoms with Crippen LogP contribution in [0.15, 0.2) is 30.5 Å². The quantitative estimate of drug-likeness (QED) is 0.749. The van der Waals surface area contributed by atoms with Crippen molar-refractivity contribution in [1.82, 2.24) is 25.2 Å². The standard InChI is InChI=1S/C18H22N6O3/c1-11(2)24-10-15(21-22-24)8-16-17(26)23(18(27)20-16)9-13-4-6-14(7-5-13)19-12(3)25/h4-7,10-11,16H,8-9H2,1-3H3,(H,19,25)(H,20,27). The van der Waals surface area contributed by atoms with Crippen LogP contribution in [-0.2, 0) is 22.6 Å². The van der Waals surface area contributed by atoms with Crippen LogP contribution in [0.2, 0.25) is 0 Å². The smallest absolute Gasteiger partial charge is 0.325 e. The summed E-state index contributed by atoms with van der Waals surface area (Å²) in [5, 5.41) is 13.5. The van der Waals surface area contributed by atoms with Gasteiger partial charge in [-0.2, -0.15) is 0 Å². The Labute approximate surface area is 156 Å². The van der Waals surface area contributed by atoms with Crippen molar-refractivity contribution in [3.63, 3.8) is 0 Å². The molecule has 2 N–H and O–H groups in total. The van der Waals surface area contributed by atoms with E-state index in [0.717, 1.165) is 5.56 Å². The van der Waals surface area contributed by atoms with Gasteiger partial charge in [-0.15, -0.1) is 5.10 Å². The molecule has 1 aromatic carbocycles. The zero-order valence-corrected chi connectivity index (χ0v) is 15.5. The summed E-state index contributed by atoms with van der Waals surface area (Å²) in [4.78, 5) is 37.1. The van der Waals surface area contributed by atoms with Crippen molar-refractivity contribution in [2.75, 3.05) is 5.32 Å². The number of amides is 4. The molecule has 1 atom stereocenters. The van der Waals surface area contributed by atoms with Crippen LogP contribution in [0.3, 0.4) is 0 Å². The fourth-order valence-electron chi connectivity index (χ4n) is 2.81. The molecule has 2 aromatic rings. The topological polar surface area (TPSA) is 109 Å². The fraction of sp³-hybridized carbons (Fsp3) is 0.389. The van der Waals surface area contributed by atoms with Gasteiger partial charge in [0.05, 0.1) is 12.2 Å². The number of rotatable bonds is 6. The molecule has 1 saturated heterocycles. The summed E-state index contributed by atoms with van der Waals surface area (Å²) >= 11 is 0. The molecule has 1 aliphatic rings. The minimum absolute atomic E-state index is 0.158. The van der Waals surface area contributed by atoms with E-state index in [-0.39, 0.29) is 24.4 Å². The van der Waals surface area contributed by atoms with E-state index in [1.165, 1.54) is 11.8 Å². The van der Waals surface area contributed by atoms with E-state index in [9.17, 15) is 14.4 Å². The highest BCUT2D eigenvalue weighted by Gasteiger charge is 2.38. The van der Waals surface area contributed by atoms with Gasteiger partial charge >= 0.3 is 6.03 Å². The molecule has 9 heteroatoms. The predicted octanol–water partition coefficient (Wildman–Crippen LogP) is 1.48. The van der Waals surface area contributed by atoms with E-state index in [4.69, 9.17) is 0 Å². The Morgan fingerprint density at radius 2 is 1.96 bits per heavy atom. The number of nitrogens with one attached hydrogen (secondary N) is 2. The number of carbonyl (C=O) groups is 3. The first-order chi connectivity index (χ1) is 12.8. The Bertz CT molecular complexity index is 858. The number of carbonyl (C=O) groups excluding carboxylic acids is 3. The van der Waals surface area contributed by atoms with E-state index in [0.29, 0.717) is 17.8 Å². The van der Waals surface area contributed by atoms with Gasteiger partial charge in [0, 0.05) is 31.3 Å². The Hall–Kier alpha value is -3.23. The molecule has 0 bridgehead atoms. The monoisotopic (exact) mass is 370 g/mol. The molecule has 142 valence electrons. The number of hydrogen-bond donors (Lipinski definition) is 2.